The number of halogens is 2. The van der Waals surface area contributed by atoms with Gasteiger partial charge in [0.05, 0.1) is 36.4 Å². The first kappa shape index (κ1) is 52.7. The number of nitrogens with one attached hydrogen (secondary N) is 3. The Hall–Kier alpha value is -6.62. The minimum Gasteiger partial charge on any atom is -0.496 e. The number of carbonyl (C=O) groups is 4. The maximum Gasteiger partial charge on any atom is 0.294 e. The summed E-state index contributed by atoms with van der Waals surface area (Å²) in [5, 5.41) is 4.27. The van der Waals surface area contributed by atoms with Gasteiger partial charge in [0.25, 0.3) is 23.5 Å². The topological polar surface area (TPSA) is 147 Å². The molecule has 6 aromatic rings. The molecule has 4 aromatic carbocycles. The van der Waals surface area contributed by atoms with Crippen molar-refractivity contribution in [2.45, 2.75) is 78.8 Å². The second-order valence-corrected chi connectivity index (χ2v) is 18.8. The molecule has 4 atom stereocenters. The van der Waals surface area contributed by atoms with Crippen molar-refractivity contribution in [3.05, 3.63) is 130 Å². The molecule has 0 saturated carbocycles. The van der Waals surface area contributed by atoms with Crippen LogP contribution < -0.4 is 14.8 Å². The van der Waals surface area contributed by atoms with Gasteiger partial charge in [0.1, 0.15) is 23.1 Å². The minimum absolute atomic E-state index is 0.00612. The molecule has 4 heterocycles. The first-order valence-corrected chi connectivity index (χ1v) is 23.6. The molecule has 8 rings (SSSR count). The number of amides is 3. The third-order valence-electron chi connectivity index (χ3n) is 13.0. The first-order valence-electron chi connectivity index (χ1n) is 23.6. The Kier molecular flexibility index (Phi) is 17.2. The second kappa shape index (κ2) is 22.9. The number of nitrogens with zero attached hydrogens (tertiary/aromatic N) is 5. The molecule has 3 amide bonds. The highest BCUT2D eigenvalue weighted by molar-refractivity contribution is 6.45. The van der Waals surface area contributed by atoms with Crippen molar-refractivity contribution in [2.75, 3.05) is 68.6 Å². The minimum atomic E-state index is -0.632. The van der Waals surface area contributed by atoms with Crippen molar-refractivity contribution < 1.29 is 37.4 Å². The normalized spacial score (nSPS) is 18.4. The van der Waals surface area contributed by atoms with Gasteiger partial charge in [-0.25, -0.2) is 8.78 Å². The quantitative estimate of drug-likeness (QED) is 0.0924. The number of carbonyl (C=O) groups excluding carboxylic acids is 4. The van der Waals surface area contributed by atoms with E-state index in [4.69, 9.17) is 9.47 Å². The third kappa shape index (κ3) is 11.9. The predicted octanol–water partition coefficient (Wildman–Crippen LogP) is 7.82. The van der Waals surface area contributed by atoms with E-state index < -0.39 is 11.7 Å². The molecule has 14 nitrogen and oxygen atoms in total. The van der Waals surface area contributed by atoms with Crippen molar-refractivity contribution >= 4 is 45.3 Å². The number of aryl methyl sites for hydroxylation is 2. The van der Waals surface area contributed by atoms with Gasteiger partial charge in [0.2, 0.25) is 0 Å². The molecule has 2 saturated heterocycles. The van der Waals surface area contributed by atoms with Crippen molar-refractivity contribution in [3.8, 4) is 11.5 Å². The van der Waals surface area contributed by atoms with Crippen LogP contribution in [0.4, 0.5) is 8.78 Å². The van der Waals surface area contributed by atoms with Gasteiger partial charge < -0.3 is 39.5 Å². The monoisotopic (exact) mass is 963 g/mol. The van der Waals surface area contributed by atoms with E-state index in [2.05, 4.69) is 45.9 Å². The Morgan fingerprint density at radius 1 is 0.643 bits per heavy atom. The van der Waals surface area contributed by atoms with Crippen LogP contribution in [-0.2, 0) is 17.9 Å². The summed E-state index contributed by atoms with van der Waals surface area (Å²) in [7, 11) is 9.91. The lowest BCUT2D eigenvalue weighted by molar-refractivity contribution is -0.124. The maximum atomic E-state index is 13.8. The van der Waals surface area contributed by atoms with E-state index in [0.717, 1.165) is 40.8 Å². The van der Waals surface area contributed by atoms with Gasteiger partial charge in [-0.2, -0.15) is 0 Å². The highest BCUT2D eigenvalue weighted by Crippen LogP contribution is 2.33. The van der Waals surface area contributed by atoms with Crippen LogP contribution in [0.2, 0.25) is 0 Å². The number of benzene rings is 4. The number of Topliss-reactive ketones (excluding diaryl/α,β-unsaturated/α-hetero) is 1. The van der Waals surface area contributed by atoms with Crippen LogP contribution in [0.5, 0.6) is 11.5 Å². The highest BCUT2D eigenvalue weighted by Gasteiger charge is 2.36. The second-order valence-electron chi connectivity index (χ2n) is 18.8. The van der Waals surface area contributed by atoms with Crippen LogP contribution in [0.3, 0.4) is 0 Å². The summed E-state index contributed by atoms with van der Waals surface area (Å²) in [5.74, 6) is -0.974. The van der Waals surface area contributed by atoms with Gasteiger partial charge in [-0.3, -0.25) is 29.0 Å². The number of likely N-dealkylation sites (N-methyl/N-ethyl adjacent to an activating group) is 1. The molecule has 16 heteroatoms. The molecule has 0 unspecified atom stereocenters. The van der Waals surface area contributed by atoms with Gasteiger partial charge in [-0.05, 0) is 109 Å². The summed E-state index contributed by atoms with van der Waals surface area (Å²) in [6.07, 6.45) is 0. The molecule has 0 bridgehead atoms. The molecule has 0 spiro atoms. The molecular weight excluding hydrogens is 895 g/mol. The number of piperazine rings is 2. The molecule has 2 aliphatic rings. The van der Waals surface area contributed by atoms with E-state index in [9.17, 15) is 28.0 Å². The average molecular weight is 963 g/mol. The number of H-pyrrole nitrogens is 2. The van der Waals surface area contributed by atoms with Crippen LogP contribution in [0, 0.1) is 25.5 Å². The molecule has 0 aliphatic carbocycles. The van der Waals surface area contributed by atoms with E-state index in [1.54, 1.807) is 38.3 Å². The maximum absolute atomic E-state index is 13.8. The third-order valence-corrected chi connectivity index (χ3v) is 13.0. The Labute approximate surface area is 409 Å². The molecule has 2 aromatic heterocycles. The number of methoxy groups -OCH3 is 2. The Balaban J connectivity index is 0.000000221. The summed E-state index contributed by atoms with van der Waals surface area (Å²) in [6, 6.07) is 22.6. The van der Waals surface area contributed by atoms with Crippen molar-refractivity contribution in [2.24, 2.45) is 0 Å². The van der Waals surface area contributed by atoms with Gasteiger partial charge in [0.15, 0.2) is 0 Å². The van der Waals surface area contributed by atoms with Crippen LogP contribution in [-0.4, -0.2) is 151 Å². The molecular formula is C54H68F2N8O6. The predicted molar refractivity (Wildman–Crippen MR) is 271 cm³/mol. The van der Waals surface area contributed by atoms with E-state index in [1.165, 1.54) is 50.4 Å². The van der Waals surface area contributed by atoms with Gasteiger partial charge in [-0.15, -0.1) is 0 Å². The van der Waals surface area contributed by atoms with Gasteiger partial charge >= 0.3 is 0 Å². The Morgan fingerprint density at radius 3 is 1.53 bits per heavy atom. The number of rotatable bonds is 10. The number of hydrogen-bond acceptors (Lipinski definition) is 9. The van der Waals surface area contributed by atoms with Crippen molar-refractivity contribution in [3.63, 3.8) is 0 Å². The summed E-state index contributed by atoms with van der Waals surface area (Å²) < 4.78 is 37.6. The van der Waals surface area contributed by atoms with E-state index in [-0.39, 0.29) is 53.2 Å². The summed E-state index contributed by atoms with van der Waals surface area (Å²) in [5.41, 5.74) is 6.46. The number of aromatic amines is 2. The lowest BCUT2D eigenvalue weighted by Gasteiger charge is -2.44. The summed E-state index contributed by atoms with van der Waals surface area (Å²) in [4.78, 5) is 68.7. The summed E-state index contributed by atoms with van der Waals surface area (Å²) >= 11 is 0. The molecule has 2 aliphatic heterocycles. The van der Waals surface area contributed by atoms with E-state index in [1.807, 2.05) is 68.1 Å². The fraction of sp³-hybridized carbons (Fsp3) is 0.407. The Morgan fingerprint density at radius 2 is 1.09 bits per heavy atom. The number of hydrogen-bond donors (Lipinski definition) is 3. The van der Waals surface area contributed by atoms with E-state index in [0.29, 0.717) is 65.4 Å². The van der Waals surface area contributed by atoms with Gasteiger partial charge in [-0.1, -0.05) is 24.3 Å². The number of aromatic nitrogens is 2. The zero-order chi connectivity index (χ0) is 51.1. The molecule has 0 radical (unpaired) electrons. The fourth-order valence-electron chi connectivity index (χ4n) is 9.30. The van der Waals surface area contributed by atoms with Crippen molar-refractivity contribution in [1.82, 2.24) is 39.8 Å². The van der Waals surface area contributed by atoms with Crippen LogP contribution in [0.25, 0.3) is 21.8 Å². The smallest absolute Gasteiger partial charge is 0.294 e. The Bertz CT molecular complexity index is 2810. The fourth-order valence-corrected chi connectivity index (χ4v) is 9.30. The molecule has 374 valence electrons. The van der Waals surface area contributed by atoms with Crippen molar-refractivity contribution in [1.29, 1.82) is 0 Å². The number of fused-ring (bicyclic) bond motifs is 2. The first-order chi connectivity index (χ1) is 33.3. The summed E-state index contributed by atoms with van der Waals surface area (Å²) in [6.45, 7) is 16.0. The molecule has 2 fully saturated rings. The zero-order valence-electron chi connectivity index (χ0n) is 42.5. The standard InChI is InChI=1S/C28H33FN4O4.C24H28FN3O2.C2H7N/c1-16-14-33(17(2)13-32(16)15-19-7-9-20(29)10-8-19)27(35)22-11-21-23(12-24(22)37-6)30-18(3)25(21)26(34)28(36)31(4)5;1-15-9-19-10-21(23(30-4)11-22(19)26-15)24(29)28-13-16(2)27(12-17(28)3)14-18-5-7-20(25)8-6-18;1-3-2/h7-12,16-17,30H,13-15H2,1-6H3;5-11,16-17,26H,12-14H2,1-4H3;3H,1-2H3/t2*16-,17+;/m00./s1. The van der Waals surface area contributed by atoms with Crippen LogP contribution in [0.15, 0.2) is 78.9 Å². The highest BCUT2D eigenvalue weighted by atomic mass is 19.1. The number of ketones is 1. The SMILES string of the molecule is CNC.COc1cc2[nH]c(C)c(C(=O)C(=O)N(C)C)c2cc1C(=O)N1C[C@H](C)N(Cc2ccc(F)cc2)C[C@H]1C.COc1cc2[nH]c(C)cc2cc1C(=O)N1C[C@H](C)N(Cc2ccc(F)cc2)C[C@H]1C. The van der Waals surface area contributed by atoms with E-state index >= 15 is 0 Å². The lowest BCUT2D eigenvalue weighted by Crippen LogP contribution is -2.57. The lowest BCUT2D eigenvalue weighted by atomic mass is 10.0. The van der Waals surface area contributed by atoms with Crippen LogP contribution >= 0.6 is 0 Å². The largest absolute Gasteiger partial charge is 0.496 e. The van der Waals surface area contributed by atoms with Crippen LogP contribution in [0.1, 0.15) is 81.3 Å². The molecule has 70 heavy (non-hydrogen) atoms. The molecule has 3 N–H and O–H groups in total. The van der Waals surface area contributed by atoms with Gasteiger partial charge in [0, 0.05) is 117 Å². The average Bonchev–Trinajstić information content (AvgIpc) is 3.87. The zero-order valence-corrected chi connectivity index (χ0v) is 42.5. The number of ether oxygens (including phenoxy) is 2.